The number of aryl methyl sites for hydroxylation is 1. The van der Waals surface area contributed by atoms with E-state index in [-0.39, 0.29) is 5.12 Å². The number of anilines is 1. The minimum absolute atomic E-state index is 0.196. The predicted octanol–water partition coefficient (Wildman–Crippen LogP) is 2.15. The zero-order valence-electron chi connectivity index (χ0n) is 11.6. The fraction of sp³-hybridized carbons (Fsp3) is 0.357. The molecular weight excluding hydrogens is 290 g/mol. The van der Waals surface area contributed by atoms with E-state index >= 15 is 0 Å². The maximum Gasteiger partial charge on any atom is 0.262 e. The molecule has 110 valence electrons. The quantitative estimate of drug-likeness (QED) is 0.635. The zero-order valence-corrected chi connectivity index (χ0v) is 12.4. The third-order valence-electron chi connectivity index (χ3n) is 3.06. The smallest absolute Gasteiger partial charge is 0.262 e. The Morgan fingerprint density at radius 2 is 2.14 bits per heavy atom. The van der Waals surface area contributed by atoms with E-state index in [4.69, 9.17) is 9.15 Å². The Labute approximate surface area is 126 Å². The first-order valence-electron chi connectivity index (χ1n) is 6.66. The highest BCUT2D eigenvalue weighted by molar-refractivity contribution is 8.14. The second-order valence-corrected chi connectivity index (χ2v) is 5.56. The summed E-state index contributed by atoms with van der Waals surface area (Å²) in [7, 11) is 0. The molecule has 2 aromatic rings. The highest BCUT2D eigenvalue weighted by atomic mass is 32.2. The van der Waals surface area contributed by atoms with Crippen LogP contribution in [0.2, 0.25) is 0 Å². The number of hydrogen-bond acceptors (Lipinski definition) is 7. The highest BCUT2D eigenvalue weighted by Gasteiger charge is 2.17. The second kappa shape index (κ2) is 6.28. The summed E-state index contributed by atoms with van der Waals surface area (Å²) < 4.78 is 10.4. The largest absolute Gasteiger partial charge is 0.460 e. The van der Waals surface area contributed by atoms with Crippen molar-refractivity contribution in [1.29, 1.82) is 0 Å². The lowest BCUT2D eigenvalue weighted by Crippen LogP contribution is -2.36. The van der Waals surface area contributed by atoms with Crippen LogP contribution < -0.4 is 4.90 Å². The van der Waals surface area contributed by atoms with E-state index in [1.807, 2.05) is 13.0 Å². The number of aromatic nitrogens is 2. The van der Waals surface area contributed by atoms with E-state index in [0.29, 0.717) is 24.1 Å². The van der Waals surface area contributed by atoms with Crippen LogP contribution in [0.5, 0.6) is 0 Å². The molecule has 1 fully saturated rings. The van der Waals surface area contributed by atoms with Gasteiger partial charge in [0.2, 0.25) is 0 Å². The summed E-state index contributed by atoms with van der Waals surface area (Å²) in [4.78, 5) is 22.9. The minimum Gasteiger partial charge on any atom is -0.460 e. The number of rotatable bonds is 3. The van der Waals surface area contributed by atoms with E-state index in [2.05, 4.69) is 14.9 Å². The maximum atomic E-state index is 12.0. The Morgan fingerprint density at radius 3 is 2.86 bits per heavy atom. The third kappa shape index (κ3) is 3.43. The van der Waals surface area contributed by atoms with Gasteiger partial charge in [0.25, 0.3) is 5.12 Å². The highest BCUT2D eigenvalue weighted by Crippen LogP contribution is 2.23. The van der Waals surface area contributed by atoms with Gasteiger partial charge in [-0.15, -0.1) is 0 Å². The van der Waals surface area contributed by atoms with Crippen molar-refractivity contribution in [3.63, 3.8) is 0 Å². The molecule has 0 bridgehead atoms. The van der Waals surface area contributed by atoms with Crippen molar-refractivity contribution in [3.05, 3.63) is 35.9 Å². The van der Waals surface area contributed by atoms with Crippen molar-refractivity contribution < 1.29 is 13.9 Å². The third-order valence-corrected chi connectivity index (χ3v) is 3.81. The van der Waals surface area contributed by atoms with Gasteiger partial charge >= 0.3 is 0 Å². The Balaban J connectivity index is 1.79. The van der Waals surface area contributed by atoms with Gasteiger partial charge in [0.1, 0.15) is 5.82 Å². The van der Waals surface area contributed by atoms with Gasteiger partial charge in [-0.1, -0.05) is 0 Å². The molecule has 1 aliphatic rings. The summed E-state index contributed by atoms with van der Waals surface area (Å²) in [6.07, 6.45) is 1.48. The van der Waals surface area contributed by atoms with Crippen LogP contribution in [0.3, 0.4) is 0 Å². The Morgan fingerprint density at radius 1 is 1.33 bits per heavy atom. The second-order valence-electron chi connectivity index (χ2n) is 4.62. The summed E-state index contributed by atoms with van der Waals surface area (Å²) in [5.74, 6) is 1.14. The van der Waals surface area contributed by atoms with Crippen LogP contribution in [0, 0.1) is 6.92 Å². The first kappa shape index (κ1) is 14.1. The van der Waals surface area contributed by atoms with Gasteiger partial charge in [0.05, 0.1) is 19.5 Å². The lowest BCUT2D eigenvalue weighted by atomic mass is 10.3. The van der Waals surface area contributed by atoms with E-state index in [9.17, 15) is 4.79 Å². The van der Waals surface area contributed by atoms with Gasteiger partial charge in [-0.05, 0) is 30.8 Å². The van der Waals surface area contributed by atoms with Gasteiger partial charge in [-0.3, -0.25) is 4.79 Å². The summed E-state index contributed by atoms with van der Waals surface area (Å²) in [5.41, 5.74) is 0.834. The fourth-order valence-corrected chi connectivity index (χ4v) is 2.76. The van der Waals surface area contributed by atoms with Gasteiger partial charge < -0.3 is 14.1 Å². The fourth-order valence-electron chi connectivity index (χ4n) is 2.05. The van der Waals surface area contributed by atoms with Crippen molar-refractivity contribution in [2.45, 2.75) is 12.1 Å². The first-order valence-corrected chi connectivity index (χ1v) is 7.48. The molecule has 6 nitrogen and oxygen atoms in total. The van der Waals surface area contributed by atoms with Crippen LogP contribution >= 0.6 is 11.8 Å². The van der Waals surface area contributed by atoms with Crippen LogP contribution in [0.1, 0.15) is 16.2 Å². The monoisotopic (exact) mass is 305 g/mol. The molecular formula is C14H15N3O3S. The molecule has 0 atom stereocenters. The molecule has 0 radical (unpaired) electrons. The number of morpholine rings is 1. The zero-order chi connectivity index (χ0) is 14.7. The van der Waals surface area contributed by atoms with Crippen LogP contribution in [-0.2, 0) is 4.74 Å². The standard InChI is InChI=1S/C14H15N3O3S/c1-10-9-12(17-4-7-19-8-5-17)16-14(15-10)21-13(18)11-3-2-6-20-11/h2-3,6,9H,4-5,7-8H2,1H3. The summed E-state index contributed by atoms with van der Waals surface area (Å²) in [6, 6.07) is 5.24. The molecule has 0 saturated carbocycles. The average Bonchev–Trinajstić information content (AvgIpc) is 3.02. The molecule has 2 aromatic heterocycles. The Hall–Kier alpha value is -1.86. The average molecular weight is 305 g/mol. The number of furan rings is 1. The molecule has 1 saturated heterocycles. The number of carbonyl (C=O) groups excluding carboxylic acids is 1. The van der Waals surface area contributed by atoms with Crippen molar-refractivity contribution in [2.75, 3.05) is 31.2 Å². The first-order chi connectivity index (χ1) is 10.2. The van der Waals surface area contributed by atoms with Crippen LogP contribution in [-0.4, -0.2) is 41.4 Å². The predicted molar refractivity (Wildman–Crippen MR) is 78.7 cm³/mol. The molecule has 21 heavy (non-hydrogen) atoms. The summed E-state index contributed by atoms with van der Waals surface area (Å²) in [5, 5.41) is 0.247. The minimum atomic E-state index is -0.196. The van der Waals surface area contributed by atoms with Crippen LogP contribution in [0.15, 0.2) is 34.0 Å². The Bertz CT molecular complexity index is 624. The molecule has 3 rings (SSSR count). The number of nitrogens with zero attached hydrogens (tertiary/aromatic N) is 3. The van der Waals surface area contributed by atoms with E-state index in [0.717, 1.165) is 36.4 Å². The SMILES string of the molecule is Cc1cc(N2CCOCC2)nc(SC(=O)c2ccco2)n1. The van der Waals surface area contributed by atoms with Gasteiger partial charge in [-0.2, -0.15) is 0 Å². The Kier molecular flexibility index (Phi) is 4.21. The number of carbonyl (C=O) groups is 1. The van der Waals surface area contributed by atoms with E-state index < -0.39 is 0 Å². The molecule has 0 spiro atoms. The molecule has 1 aliphatic heterocycles. The molecule has 7 heteroatoms. The lowest BCUT2D eigenvalue weighted by molar-refractivity contribution is 0.106. The van der Waals surface area contributed by atoms with Gasteiger partial charge in [0, 0.05) is 24.8 Å². The molecule has 0 N–H and O–H groups in total. The number of thioether (sulfide) groups is 1. The van der Waals surface area contributed by atoms with Crippen molar-refractivity contribution in [3.8, 4) is 0 Å². The summed E-state index contributed by atoms with van der Waals surface area (Å²) in [6.45, 7) is 4.88. The van der Waals surface area contributed by atoms with E-state index in [1.165, 1.54) is 6.26 Å². The van der Waals surface area contributed by atoms with Crippen LogP contribution in [0.4, 0.5) is 5.82 Å². The van der Waals surface area contributed by atoms with Gasteiger partial charge in [0.15, 0.2) is 10.9 Å². The van der Waals surface area contributed by atoms with Crippen LogP contribution in [0.25, 0.3) is 0 Å². The molecule has 0 aliphatic carbocycles. The molecule has 0 amide bonds. The van der Waals surface area contributed by atoms with Crippen molar-refractivity contribution in [1.82, 2.24) is 9.97 Å². The van der Waals surface area contributed by atoms with E-state index in [1.54, 1.807) is 12.1 Å². The normalized spacial score (nSPS) is 15.2. The summed E-state index contributed by atoms with van der Waals surface area (Å²) >= 11 is 0.981. The van der Waals surface area contributed by atoms with Crippen molar-refractivity contribution in [2.24, 2.45) is 0 Å². The van der Waals surface area contributed by atoms with Crippen molar-refractivity contribution >= 4 is 22.7 Å². The number of ether oxygens (including phenoxy) is 1. The maximum absolute atomic E-state index is 12.0. The molecule has 0 unspecified atom stereocenters. The number of hydrogen-bond donors (Lipinski definition) is 0. The van der Waals surface area contributed by atoms with Gasteiger partial charge in [-0.25, -0.2) is 9.97 Å². The topological polar surface area (TPSA) is 68.5 Å². The molecule has 0 aromatic carbocycles. The lowest BCUT2D eigenvalue weighted by Gasteiger charge is -2.28. The molecule has 3 heterocycles.